The van der Waals surface area contributed by atoms with E-state index in [2.05, 4.69) is 10.6 Å². The van der Waals surface area contributed by atoms with E-state index in [1.807, 2.05) is 0 Å². The van der Waals surface area contributed by atoms with Gasteiger partial charge in [-0.15, -0.1) is 0 Å². The summed E-state index contributed by atoms with van der Waals surface area (Å²) in [6, 6.07) is 0. The first kappa shape index (κ1) is 5.72. The van der Waals surface area contributed by atoms with E-state index >= 15 is 0 Å². The van der Waals surface area contributed by atoms with Crippen LogP contribution in [0.1, 0.15) is 0 Å². The van der Waals surface area contributed by atoms with Crippen molar-refractivity contribution in [3.63, 3.8) is 0 Å². The Morgan fingerprint density at radius 1 is 1.38 bits per heavy atom. The first-order valence-corrected chi connectivity index (χ1v) is 2.80. The fourth-order valence-electron chi connectivity index (χ4n) is 0.772. The van der Waals surface area contributed by atoms with Gasteiger partial charge >= 0.3 is 0 Å². The highest BCUT2D eigenvalue weighted by atomic mass is 16.1. The number of hydrogen-bond acceptors (Lipinski definition) is 3. The van der Waals surface area contributed by atoms with Crippen LogP contribution in [0.25, 0.3) is 0 Å². The van der Waals surface area contributed by atoms with Crippen molar-refractivity contribution in [2.75, 3.05) is 19.8 Å². The van der Waals surface area contributed by atoms with Gasteiger partial charge in [-0.2, -0.15) is 0 Å². The van der Waals surface area contributed by atoms with Gasteiger partial charge in [-0.05, 0) is 0 Å². The monoisotopic (exact) mass is 114 g/mol. The van der Waals surface area contributed by atoms with Crippen LogP contribution < -0.4 is 10.6 Å². The van der Waals surface area contributed by atoms with E-state index < -0.39 is 0 Å². The molecule has 0 aromatic carbocycles. The van der Waals surface area contributed by atoms with E-state index in [1.165, 1.54) is 0 Å². The highest BCUT2D eigenvalue weighted by molar-refractivity contribution is 5.54. The lowest BCUT2D eigenvalue weighted by Crippen LogP contribution is -2.44. The molecule has 1 rings (SSSR count). The van der Waals surface area contributed by atoms with Crippen LogP contribution in [-0.4, -0.2) is 26.0 Å². The van der Waals surface area contributed by atoms with Gasteiger partial charge in [0, 0.05) is 25.7 Å². The molecule has 0 aliphatic carbocycles. The van der Waals surface area contributed by atoms with Crippen LogP contribution >= 0.6 is 0 Å². The molecule has 46 valence electrons. The van der Waals surface area contributed by atoms with Crippen molar-refractivity contribution in [2.24, 2.45) is 5.92 Å². The highest BCUT2D eigenvalue weighted by Crippen LogP contribution is 1.88. The van der Waals surface area contributed by atoms with Crippen molar-refractivity contribution in [3.05, 3.63) is 0 Å². The molecule has 0 bridgehead atoms. The van der Waals surface area contributed by atoms with Crippen LogP contribution in [0.4, 0.5) is 0 Å². The van der Waals surface area contributed by atoms with Crippen LogP contribution in [0.2, 0.25) is 0 Å². The van der Waals surface area contributed by atoms with Gasteiger partial charge in [0.1, 0.15) is 6.29 Å². The lowest BCUT2D eigenvalue weighted by molar-refractivity contribution is -0.111. The largest absolute Gasteiger partial charge is 0.304 e. The van der Waals surface area contributed by atoms with Gasteiger partial charge in [0.15, 0.2) is 0 Å². The molecule has 0 unspecified atom stereocenters. The Morgan fingerprint density at radius 3 is 2.38 bits per heavy atom. The molecule has 0 amide bonds. The molecule has 1 aliphatic rings. The van der Waals surface area contributed by atoms with Gasteiger partial charge in [-0.1, -0.05) is 0 Å². The van der Waals surface area contributed by atoms with E-state index in [4.69, 9.17) is 0 Å². The third kappa shape index (κ3) is 1.28. The van der Waals surface area contributed by atoms with Crippen molar-refractivity contribution in [2.45, 2.75) is 0 Å². The molecule has 0 atom stereocenters. The molecule has 1 heterocycles. The third-order valence-corrected chi connectivity index (χ3v) is 1.26. The lowest BCUT2D eigenvalue weighted by atomic mass is 10.1. The summed E-state index contributed by atoms with van der Waals surface area (Å²) < 4.78 is 0. The van der Waals surface area contributed by atoms with Crippen LogP contribution in [0.15, 0.2) is 0 Å². The summed E-state index contributed by atoms with van der Waals surface area (Å²) in [7, 11) is 0. The number of hydrogen-bond donors (Lipinski definition) is 2. The van der Waals surface area contributed by atoms with Gasteiger partial charge in [0.2, 0.25) is 0 Å². The van der Waals surface area contributed by atoms with Crippen molar-refractivity contribution in [3.8, 4) is 0 Å². The highest BCUT2D eigenvalue weighted by Gasteiger charge is 2.09. The average molecular weight is 114 g/mol. The SMILES string of the molecule is O=CC1CNCNC1. The van der Waals surface area contributed by atoms with Crippen LogP contribution in [-0.2, 0) is 4.79 Å². The molecule has 1 saturated heterocycles. The molecule has 2 N–H and O–H groups in total. The molecule has 0 aromatic rings. The second-order valence-electron chi connectivity index (χ2n) is 1.98. The molecule has 0 saturated carbocycles. The average Bonchev–Trinajstić information content (AvgIpc) is 1.90. The van der Waals surface area contributed by atoms with E-state index in [9.17, 15) is 4.79 Å². The summed E-state index contributed by atoms with van der Waals surface area (Å²) in [6.07, 6.45) is 0.985. The Hall–Kier alpha value is -0.410. The zero-order chi connectivity index (χ0) is 5.82. The summed E-state index contributed by atoms with van der Waals surface area (Å²) in [4.78, 5) is 10.1. The van der Waals surface area contributed by atoms with E-state index in [0.717, 1.165) is 26.0 Å². The zero-order valence-electron chi connectivity index (χ0n) is 4.68. The maximum absolute atomic E-state index is 10.1. The quantitative estimate of drug-likeness (QED) is 0.427. The molecular weight excluding hydrogens is 104 g/mol. The Balaban J connectivity index is 2.22. The van der Waals surface area contributed by atoms with E-state index in [0.29, 0.717) is 0 Å². The topological polar surface area (TPSA) is 41.1 Å². The fourth-order valence-corrected chi connectivity index (χ4v) is 0.772. The molecular formula is C5H10N2O. The minimum Gasteiger partial charge on any atom is -0.304 e. The summed E-state index contributed by atoms with van der Waals surface area (Å²) in [5, 5.41) is 6.09. The molecule has 1 fully saturated rings. The Morgan fingerprint density at radius 2 is 2.00 bits per heavy atom. The minimum absolute atomic E-state index is 0.184. The number of carbonyl (C=O) groups is 1. The molecule has 8 heavy (non-hydrogen) atoms. The standard InChI is InChI=1S/C5H10N2O/c8-3-5-1-6-4-7-2-5/h3,5-7H,1-2,4H2. The Labute approximate surface area is 48.5 Å². The predicted octanol–water partition coefficient (Wildman–Crippen LogP) is -1.05. The number of nitrogens with one attached hydrogen (secondary N) is 2. The van der Waals surface area contributed by atoms with Crippen molar-refractivity contribution >= 4 is 6.29 Å². The first-order valence-electron chi connectivity index (χ1n) is 2.80. The zero-order valence-corrected chi connectivity index (χ0v) is 4.68. The molecule has 3 nitrogen and oxygen atoms in total. The molecule has 0 spiro atoms. The van der Waals surface area contributed by atoms with Gasteiger partial charge in [-0.25, -0.2) is 0 Å². The van der Waals surface area contributed by atoms with E-state index in [1.54, 1.807) is 0 Å². The van der Waals surface area contributed by atoms with Gasteiger partial charge in [-0.3, -0.25) is 0 Å². The maximum atomic E-state index is 10.1. The Bertz CT molecular complexity index is 78.5. The summed E-state index contributed by atoms with van der Waals surface area (Å²) in [5.41, 5.74) is 0. The normalized spacial score (nSPS) is 23.0. The number of rotatable bonds is 1. The molecule has 0 aromatic heterocycles. The number of carbonyl (C=O) groups excluding carboxylic acids is 1. The fraction of sp³-hybridized carbons (Fsp3) is 0.800. The first-order chi connectivity index (χ1) is 3.93. The summed E-state index contributed by atoms with van der Waals surface area (Å²) >= 11 is 0. The van der Waals surface area contributed by atoms with Crippen molar-refractivity contribution in [1.29, 1.82) is 0 Å². The lowest BCUT2D eigenvalue weighted by Gasteiger charge is -2.18. The molecule has 1 aliphatic heterocycles. The molecule has 0 radical (unpaired) electrons. The van der Waals surface area contributed by atoms with Crippen molar-refractivity contribution in [1.82, 2.24) is 10.6 Å². The number of aldehydes is 1. The molecule has 3 heteroatoms. The third-order valence-electron chi connectivity index (χ3n) is 1.26. The van der Waals surface area contributed by atoms with Gasteiger partial charge in [0.05, 0.1) is 0 Å². The van der Waals surface area contributed by atoms with Gasteiger partial charge in [0.25, 0.3) is 0 Å². The van der Waals surface area contributed by atoms with Crippen molar-refractivity contribution < 1.29 is 4.79 Å². The Kier molecular flexibility index (Phi) is 2.00. The predicted molar refractivity (Wildman–Crippen MR) is 30.4 cm³/mol. The van der Waals surface area contributed by atoms with Crippen LogP contribution in [0, 0.1) is 5.92 Å². The maximum Gasteiger partial charge on any atom is 0.125 e. The second-order valence-corrected chi connectivity index (χ2v) is 1.98. The van der Waals surface area contributed by atoms with Crippen LogP contribution in [0.3, 0.4) is 0 Å². The van der Waals surface area contributed by atoms with E-state index in [-0.39, 0.29) is 5.92 Å². The van der Waals surface area contributed by atoms with Crippen LogP contribution in [0.5, 0.6) is 0 Å². The van der Waals surface area contributed by atoms with Gasteiger partial charge < -0.3 is 15.4 Å². The summed E-state index contributed by atoms with van der Waals surface area (Å²) in [5.74, 6) is 0.184. The summed E-state index contributed by atoms with van der Waals surface area (Å²) in [6.45, 7) is 2.50. The smallest absolute Gasteiger partial charge is 0.125 e. The second kappa shape index (κ2) is 2.79. The minimum atomic E-state index is 0.184.